The second kappa shape index (κ2) is 8.06. The first-order valence-electron chi connectivity index (χ1n) is 9.53. The van der Waals surface area contributed by atoms with E-state index in [4.69, 9.17) is 0 Å². The van der Waals surface area contributed by atoms with Gasteiger partial charge in [0.05, 0.1) is 12.0 Å². The molecular formula is C18H31N3O4S. The van der Waals surface area contributed by atoms with E-state index in [9.17, 15) is 20.1 Å². The lowest BCUT2D eigenvalue weighted by atomic mass is 9.78. The summed E-state index contributed by atoms with van der Waals surface area (Å²) >= 11 is 1.65. The summed E-state index contributed by atoms with van der Waals surface area (Å²) in [6.07, 6.45) is 1.71. The van der Waals surface area contributed by atoms with Gasteiger partial charge in [0.15, 0.2) is 0 Å². The molecule has 0 aromatic carbocycles. The van der Waals surface area contributed by atoms with E-state index in [2.05, 4.69) is 10.6 Å². The van der Waals surface area contributed by atoms with E-state index in [1.807, 2.05) is 14.0 Å². The van der Waals surface area contributed by atoms with E-state index >= 15 is 0 Å². The number of hydrogen-bond donors (Lipinski definition) is 5. The lowest BCUT2D eigenvalue weighted by molar-refractivity contribution is -0.192. The standard InChI is InChI=1S/C18H31N3O4S/c1-9-14-13(10(2)22)17(23)21(14)15(18(24)25)16(9)26-12-7-11(20-8-12)5-4-6-19-3/h9-14,17,19-20,22-23H,4-8H2,1-3H3,(H,24,25). The number of aliphatic carboxylic acids is 1. The second-order valence-electron chi connectivity index (χ2n) is 7.76. The van der Waals surface area contributed by atoms with Gasteiger partial charge >= 0.3 is 5.97 Å². The Morgan fingerprint density at radius 2 is 2.23 bits per heavy atom. The van der Waals surface area contributed by atoms with Crippen LogP contribution >= 0.6 is 11.8 Å². The summed E-state index contributed by atoms with van der Waals surface area (Å²) < 4.78 is 0. The van der Waals surface area contributed by atoms with Crippen molar-refractivity contribution in [2.45, 2.75) is 62.8 Å². The van der Waals surface area contributed by atoms with Crippen molar-refractivity contribution in [3.63, 3.8) is 0 Å². The Morgan fingerprint density at radius 1 is 1.50 bits per heavy atom. The summed E-state index contributed by atoms with van der Waals surface area (Å²) in [5, 5.41) is 37.1. The Bertz CT molecular complexity index is 571. The fourth-order valence-corrected chi connectivity index (χ4v) is 6.21. The van der Waals surface area contributed by atoms with Crippen molar-refractivity contribution in [2.24, 2.45) is 11.8 Å². The maximum absolute atomic E-state index is 11.9. The van der Waals surface area contributed by atoms with Crippen molar-refractivity contribution >= 4 is 17.7 Å². The highest BCUT2D eigenvalue weighted by Crippen LogP contribution is 2.53. The number of thioether (sulfide) groups is 1. The number of carbonyl (C=O) groups is 1. The van der Waals surface area contributed by atoms with Gasteiger partial charge in [-0.3, -0.25) is 0 Å². The molecule has 0 amide bonds. The van der Waals surface area contributed by atoms with Crippen LogP contribution < -0.4 is 10.6 Å². The van der Waals surface area contributed by atoms with Gasteiger partial charge in [-0.2, -0.15) is 0 Å². The minimum atomic E-state index is -0.985. The fraction of sp³-hybridized carbons (Fsp3) is 0.833. The van der Waals surface area contributed by atoms with Crippen molar-refractivity contribution in [1.82, 2.24) is 15.5 Å². The highest BCUT2D eigenvalue weighted by atomic mass is 32.2. The van der Waals surface area contributed by atoms with Crippen LogP contribution in [0.4, 0.5) is 0 Å². The van der Waals surface area contributed by atoms with E-state index in [1.54, 1.807) is 23.6 Å². The van der Waals surface area contributed by atoms with E-state index in [0.29, 0.717) is 11.3 Å². The zero-order chi connectivity index (χ0) is 19.0. The molecule has 0 radical (unpaired) electrons. The molecule has 148 valence electrons. The molecule has 3 aliphatic heterocycles. The van der Waals surface area contributed by atoms with Gasteiger partial charge in [0.1, 0.15) is 11.9 Å². The van der Waals surface area contributed by atoms with Crippen LogP contribution in [-0.4, -0.2) is 76.0 Å². The molecule has 2 fully saturated rings. The molecule has 8 heteroatoms. The van der Waals surface area contributed by atoms with Crippen molar-refractivity contribution < 1.29 is 20.1 Å². The zero-order valence-corrected chi connectivity index (χ0v) is 16.5. The molecule has 7 nitrogen and oxygen atoms in total. The van der Waals surface area contributed by atoms with Crippen LogP contribution in [0.2, 0.25) is 0 Å². The molecule has 3 aliphatic rings. The number of aliphatic hydroxyl groups excluding tert-OH is 2. The Kier molecular flexibility index (Phi) is 6.18. The maximum Gasteiger partial charge on any atom is 0.353 e. The molecule has 7 unspecified atom stereocenters. The molecule has 26 heavy (non-hydrogen) atoms. The van der Waals surface area contributed by atoms with E-state index in [0.717, 1.165) is 37.3 Å². The number of rotatable bonds is 8. The van der Waals surface area contributed by atoms with Crippen molar-refractivity contribution in [1.29, 1.82) is 0 Å². The number of fused-ring (bicyclic) bond motifs is 1. The molecule has 0 aromatic rings. The Labute approximate surface area is 159 Å². The average Bonchev–Trinajstić information content (AvgIpc) is 3.10. The van der Waals surface area contributed by atoms with Crippen LogP contribution in [0.25, 0.3) is 0 Å². The van der Waals surface area contributed by atoms with Gasteiger partial charge in [0, 0.05) is 34.7 Å². The number of hydrogen-bond acceptors (Lipinski definition) is 7. The van der Waals surface area contributed by atoms with Crippen molar-refractivity contribution in [3.8, 4) is 0 Å². The quantitative estimate of drug-likeness (QED) is 0.382. The topological polar surface area (TPSA) is 105 Å². The zero-order valence-electron chi connectivity index (χ0n) is 15.7. The Morgan fingerprint density at radius 3 is 2.85 bits per heavy atom. The summed E-state index contributed by atoms with van der Waals surface area (Å²) in [6.45, 7) is 5.58. The van der Waals surface area contributed by atoms with Crippen LogP contribution in [-0.2, 0) is 4.79 Å². The summed E-state index contributed by atoms with van der Waals surface area (Å²) in [7, 11) is 1.96. The highest BCUT2D eigenvalue weighted by Gasteiger charge is 2.59. The number of nitrogens with zero attached hydrogens (tertiary/aromatic N) is 1. The predicted octanol–water partition coefficient (Wildman–Crippen LogP) is 0.395. The Balaban J connectivity index is 1.68. The third-order valence-corrected chi connectivity index (χ3v) is 7.49. The number of nitrogens with one attached hydrogen (secondary N) is 2. The predicted molar refractivity (Wildman–Crippen MR) is 102 cm³/mol. The number of carboxylic acids is 1. The summed E-state index contributed by atoms with van der Waals surface area (Å²) in [5.74, 6) is -1.27. The molecular weight excluding hydrogens is 354 g/mol. The number of carboxylic acid groups (broad SMARTS) is 1. The molecule has 0 saturated carbocycles. The van der Waals surface area contributed by atoms with Crippen molar-refractivity contribution in [2.75, 3.05) is 20.1 Å². The summed E-state index contributed by atoms with van der Waals surface area (Å²) in [6, 6.07) is 0.360. The first kappa shape index (κ1) is 19.9. The first-order valence-corrected chi connectivity index (χ1v) is 10.4. The van der Waals surface area contributed by atoms with E-state index in [-0.39, 0.29) is 23.6 Å². The maximum atomic E-state index is 11.9. The monoisotopic (exact) mass is 385 g/mol. The van der Waals surface area contributed by atoms with Gasteiger partial charge in [-0.15, -0.1) is 11.8 Å². The summed E-state index contributed by atoms with van der Waals surface area (Å²) in [4.78, 5) is 14.3. The molecule has 7 atom stereocenters. The molecule has 0 spiro atoms. The normalized spacial score (nSPS) is 37.7. The SMILES string of the molecule is CNCCCC1CC(SC2=C(C(=O)O)N3C(O)C(C(C)O)C3C2C)CN1. The van der Waals surface area contributed by atoms with Gasteiger partial charge in [-0.25, -0.2) is 4.79 Å². The van der Waals surface area contributed by atoms with Crippen LogP contribution in [0, 0.1) is 11.8 Å². The van der Waals surface area contributed by atoms with Crippen LogP contribution in [0.5, 0.6) is 0 Å². The van der Waals surface area contributed by atoms with Gasteiger partial charge in [-0.1, -0.05) is 6.92 Å². The molecule has 0 bridgehead atoms. The average molecular weight is 386 g/mol. The third-order valence-electron chi connectivity index (χ3n) is 5.98. The fourth-order valence-electron chi connectivity index (χ4n) is 4.69. The lowest BCUT2D eigenvalue weighted by Crippen LogP contribution is -2.66. The van der Waals surface area contributed by atoms with Gasteiger partial charge in [0.25, 0.3) is 0 Å². The molecule has 0 aromatic heterocycles. The van der Waals surface area contributed by atoms with Gasteiger partial charge < -0.3 is 30.9 Å². The largest absolute Gasteiger partial charge is 0.477 e. The van der Waals surface area contributed by atoms with Crippen LogP contribution in [0.1, 0.15) is 33.1 Å². The van der Waals surface area contributed by atoms with E-state index in [1.165, 1.54) is 0 Å². The smallest absolute Gasteiger partial charge is 0.353 e. The minimum Gasteiger partial charge on any atom is -0.477 e. The molecule has 0 aliphatic carbocycles. The molecule has 2 saturated heterocycles. The lowest BCUT2D eigenvalue weighted by Gasteiger charge is -2.53. The van der Waals surface area contributed by atoms with E-state index < -0.39 is 18.3 Å². The molecule has 3 rings (SSSR count). The summed E-state index contributed by atoms with van der Waals surface area (Å²) in [5.41, 5.74) is 0.232. The molecule has 3 heterocycles. The van der Waals surface area contributed by atoms with Crippen molar-refractivity contribution in [3.05, 3.63) is 10.6 Å². The minimum absolute atomic E-state index is 0.0115. The van der Waals surface area contributed by atoms with Crippen LogP contribution in [0.15, 0.2) is 10.6 Å². The highest BCUT2D eigenvalue weighted by molar-refractivity contribution is 8.03. The van der Waals surface area contributed by atoms with Crippen LogP contribution in [0.3, 0.4) is 0 Å². The first-order chi connectivity index (χ1) is 12.4. The van der Waals surface area contributed by atoms with Gasteiger partial charge in [-0.05, 0) is 39.8 Å². The second-order valence-corrected chi connectivity index (χ2v) is 9.10. The number of aliphatic hydroxyl groups is 2. The third kappa shape index (κ3) is 3.49. The Hall–Kier alpha value is -0.800. The van der Waals surface area contributed by atoms with Gasteiger partial charge in [0.2, 0.25) is 0 Å². The molecule has 5 N–H and O–H groups in total.